The number of rotatable bonds is 4. The fourth-order valence-corrected chi connectivity index (χ4v) is 2.16. The first-order valence-corrected chi connectivity index (χ1v) is 5.96. The van der Waals surface area contributed by atoms with Crippen LogP contribution in [-0.2, 0) is 10.3 Å². The Morgan fingerprint density at radius 2 is 2.05 bits per heavy atom. The van der Waals surface area contributed by atoms with Crippen molar-refractivity contribution in [1.82, 2.24) is 14.8 Å². The molecule has 3 rings (SSSR count). The number of ether oxygens (including phenoxy) is 1. The zero-order valence-corrected chi connectivity index (χ0v) is 10.4. The molecule has 0 saturated heterocycles. The summed E-state index contributed by atoms with van der Waals surface area (Å²) in [6.45, 7) is 0. The van der Waals surface area contributed by atoms with Crippen molar-refractivity contribution in [3.05, 3.63) is 30.6 Å². The van der Waals surface area contributed by atoms with Crippen molar-refractivity contribution < 1.29 is 14.6 Å². The molecule has 0 bridgehead atoms. The summed E-state index contributed by atoms with van der Waals surface area (Å²) in [7, 11) is 1.60. The van der Waals surface area contributed by atoms with Gasteiger partial charge in [-0.3, -0.25) is 4.57 Å². The van der Waals surface area contributed by atoms with Gasteiger partial charge in [0, 0.05) is 5.56 Å². The van der Waals surface area contributed by atoms with Crippen molar-refractivity contribution in [2.24, 2.45) is 0 Å². The summed E-state index contributed by atoms with van der Waals surface area (Å²) in [5.41, 5.74) is -0.0375. The molecule has 1 heterocycles. The quantitative estimate of drug-likeness (QED) is 0.900. The van der Waals surface area contributed by atoms with Crippen LogP contribution >= 0.6 is 0 Å². The molecule has 1 fully saturated rings. The highest BCUT2D eigenvalue weighted by Crippen LogP contribution is 2.45. The van der Waals surface area contributed by atoms with Crippen LogP contribution in [0.1, 0.15) is 12.8 Å². The lowest BCUT2D eigenvalue weighted by atomic mass is 10.2. The van der Waals surface area contributed by atoms with Crippen molar-refractivity contribution in [2.45, 2.75) is 18.4 Å². The number of aliphatic carboxylic acids is 1. The van der Waals surface area contributed by atoms with E-state index in [-0.39, 0.29) is 0 Å². The number of hydrogen-bond donors (Lipinski definition) is 1. The topological polar surface area (TPSA) is 77.2 Å². The lowest BCUT2D eigenvalue weighted by molar-refractivity contribution is -0.142. The van der Waals surface area contributed by atoms with Gasteiger partial charge >= 0.3 is 5.97 Å². The first-order chi connectivity index (χ1) is 9.17. The minimum Gasteiger partial charge on any atom is -0.497 e. The van der Waals surface area contributed by atoms with E-state index in [2.05, 4.69) is 10.2 Å². The van der Waals surface area contributed by atoms with Crippen LogP contribution in [0.25, 0.3) is 11.4 Å². The maximum atomic E-state index is 11.4. The molecule has 0 amide bonds. The van der Waals surface area contributed by atoms with Crippen LogP contribution in [0, 0.1) is 0 Å². The molecule has 98 valence electrons. The van der Waals surface area contributed by atoms with Gasteiger partial charge in [0.25, 0.3) is 0 Å². The third-order valence-corrected chi connectivity index (χ3v) is 3.48. The fourth-order valence-electron chi connectivity index (χ4n) is 2.16. The van der Waals surface area contributed by atoms with E-state index in [1.54, 1.807) is 11.7 Å². The van der Waals surface area contributed by atoms with Gasteiger partial charge in [0.1, 0.15) is 17.6 Å². The summed E-state index contributed by atoms with van der Waals surface area (Å²) in [5.74, 6) is 0.485. The minimum atomic E-state index is -0.862. The largest absolute Gasteiger partial charge is 0.497 e. The molecule has 6 heteroatoms. The van der Waals surface area contributed by atoms with Gasteiger partial charge in [-0.1, -0.05) is 0 Å². The van der Waals surface area contributed by atoms with Crippen molar-refractivity contribution in [3.63, 3.8) is 0 Å². The number of carbonyl (C=O) groups is 1. The van der Waals surface area contributed by atoms with Gasteiger partial charge in [0.05, 0.1) is 7.11 Å². The second-order valence-electron chi connectivity index (χ2n) is 4.59. The first kappa shape index (κ1) is 11.7. The number of methoxy groups -OCH3 is 1. The number of carboxylic acid groups (broad SMARTS) is 1. The summed E-state index contributed by atoms with van der Waals surface area (Å²) in [6, 6.07) is 7.32. The number of carboxylic acids is 1. The summed E-state index contributed by atoms with van der Waals surface area (Å²) < 4.78 is 6.75. The van der Waals surface area contributed by atoms with E-state index in [4.69, 9.17) is 4.74 Å². The van der Waals surface area contributed by atoms with Gasteiger partial charge in [-0.05, 0) is 37.1 Å². The smallest absolute Gasteiger partial charge is 0.329 e. The van der Waals surface area contributed by atoms with Gasteiger partial charge in [-0.25, -0.2) is 4.79 Å². The summed E-state index contributed by atoms with van der Waals surface area (Å²) in [6.07, 6.45) is 2.72. The Labute approximate surface area is 109 Å². The maximum Gasteiger partial charge on any atom is 0.329 e. The molecular weight excluding hydrogens is 246 g/mol. The summed E-state index contributed by atoms with van der Waals surface area (Å²) in [4.78, 5) is 11.4. The molecule has 1 aliphatic carbocycles. The zero-order chi connectivity index (χ0) is 13.5. The normalized spacial score (nSPS) is 16.1. The van der Waals surface area contributed by atoms with Crippen LogP contribution in [0.15, 0.2) is 30.6 Å². The molecule has 1 aliphatic rings. The molecule has 0 aliphatic heterocycles. The van der Waals surface area contributed by atoms with E-state index in [0.29, 0.717) is 18.7 Å². The number of nitrogens with zero attached hydrogens (tertiary/aromatic N) is 3. The van der Waals surface area contributed by atoms with Gasteiger partial charge < -0.3 is 9.84 Å². The van der Waals surface area contributed by atoms with Crippen LogP contribution in [0.2, 0.25) is 0 Å². The Bertz CT molecular complexity index is 614. The van der Waals surface area contributed by atoms with Crippen LogP contribution in [-0.4, -0.2) is 33.0 Å². The van der Waals surface area contributed by atoms with E-state index >= 15 is 0 Å². The Balaban J connectivity index is 2.02. The van der Waals surface area contributed by atoms with Gasteiger partial charge in [0.2, 0.25) is 0 Å². The number of benzene rings is 1. The zero-order valence-electron chi connectivity index (χ0n) is 10.4. The molecule has 6 nitrogen and oxygen atoms in total. The van der Waals surface area contributed by atoms with Crippen LogP contribution in [0.5, 0.6) is 5.75 Å². The predicted molar refractivity (Wildman–Crippen MR) is 66.9 cm³/mol. The van der Waals surface area contributed by atoms with Gasteiger partial charge in [-0.15, -0.1) is 10.2 Å². The van der Waals surface area contributed by atoms with Crippen molar-refractivity contribution in [2.75, 3.05) is 7.11 Å². The monoisotopic (exact) mass is 259 g/mol. The van der Waals surface area contributed by atoms with Gasteiger partial charge in [0.15, 0.2) is 5.82 Å². The van der Waals surface area contributed by atoms with E-state index < -0.39 is 11.5 Å². The van der Waals surface area contributed by atoms with E-state index in [1.165, 1.54) is 6.33 Å². The lowest BCUT2D eigenvalue weighted by Crippen LogP contribution is -2.27. The fraction of sp³-hybridized carbons (Fsp3) is 0.308. The highest BCUT2D eigenvalue weighted by molar-refractivity contribution is 5.81. The Kier molecular flexibility index (Phi) is 2.51. The average Bonchev–Trinajstić information content (AvgIpc) is 3.10. The predicted octanol–water partition coefficient (Wildman–Crippen LogP) is 1.53. The molecule has 1 aromatic carbocycles. The van der Waals surface area contributed by atoms with Crippen LogP contribution in [0.4, 0.5) is 0 Å². The third kappa shape index (κ3) is 1.76. The van der Waals surface area contributed by atoms with Crippen molar-refractivity contribution in [1.29, 1.82) is 0 Å². The molecule has 0 atom stereocenters. The first-order valence-electron chi connectivity index (χ1n) is 5.96. The summed E-state index contributed by atoms with van der Waals surface area (Å²) >= 11 is 0. The molecule has 1 N–H and O–H groups in total. The van der Waals surface area contributed by atoms with Gasteiger partial charge in [-0.2, -0.15) is 0 Å². The van der Waals surface area contributed by atoms with E-state index in [9.17, 15) is 9.90 Å². The molecule has 0 radical (unpaired) electrons. The lowest BCUT2D eigenvalue weighted by Gasteiger charge is -2.14. The minimum absolute atomic E-state index is 0.572. The highest BCUT2D eigenvalue weighted by Gasteiger charge is 2.53. The van der Waals surface area contributed by atoms with Crippen LogP contribution in [0.3, 0.4) is 0 Å². The van der Waals surface area contributed by atoms with Crippen LogP contribution < -0.4 is 4.74 Å². The third-order valence-electron chi connectivity index (χ3n) is 3.48. The Morgan fingerprint density at radius 3 is 2.58 bits per heavy atom. The van der Waals surface area contributed by atoms with Crippen molar-refractivity contribution in [3.8, 4) is 17.1 Å². The second-order valence-corrected chi connectivity index (χ2v) is 4.59. The molecule has 1 saturated carbocycles. The second kappa shape index (κ2) is 4.08. The molecule has 2 aromatic rings. The molecule has 19 heavy (non-hydrogen) atoms. The highest BCUT2D eigenvalue weighted by atomic mass is 16.5. The Morgan fingerprint density at radius 1 is 1.37 bits per heavy atom. The van der Waals surface area contributed by atoms with E-state index in [1.807, 2.05) is 24.3 Å². The number of aromatic nitrogens is 3. The summed E-state index contributed by atoms with van der Waals surface area (Å²) in [5, 5.41) is 17.2. The maximum absolute atomic E-state index is 11.4. The SMILES string of the molecule is COc1ccc(-c2nncn2C2(C(=O)O)CC2)cc1. The Hall–Kier alpha value is -2.37. The molecular formula is C13H13N3O3. The average molecular weight is 259 g/mol. The molecule has 0 spiro atoms. The number of hydrogen-bond acceptors (Lipinski definition) is 4. The van der Waals surface area contributed by atoms with E-state index in [0.717, 1.165) is 11.3 Å². The van der Waals surface area contributed by atoms with Crippen molar-refractivity contribution >= 4 is 5.97 Å². The molecule has 1 aromatic heterocycles. The molecule has 0 unspecified atom stereocenters. The standard InChI is InChI=1S/C13H13N3O3/c1-19-10-4-2-9(3-5-10)11-15-14-8-16(11)13(6-7-13)12(17)18/h2-5,8H,6-7H2,1H3,(H,17,18).